The number of amides is 1. The molecule has 15 heavy (non-hydrogen) atoms. The molecule has 0 radical (unpaired) electrons. The SMILES string of the molecule is CCCCC(N)C(=O)NCCCN(C)C. The van der Waals surface area contributed by atoms with E-state index in [4.69, 9.17) is 5.73 Å². The minimum atomic E-state index is -0.329. The van der Waals surface area contributed by atoms with Crippen LogP contribution in [0.15, 0.2) is 0 Å². The van der Waals surface area contributed by atoms with Crippen LogP contribution in [0.2, 0.25) is 0 Å². The van der Waals surface area contributed by atoms with Gasteiger partial charge in [-0.2, -0.15) is 0 Å². The Morgan fingerprint density at radius 2 is 2.07 bits per heavy atom. The third-order valence-corrected chi connectivity index (χ3v) is 2.29. The van der Waals surface area contributed by atoms with E-state index in [1.807, 2.05) is 14.1 Å². The molecular weight excluding hydrogens is 190 g/mol. The molecule has 0 aliphatic carbocycles. The summed E-state index contributed by atoms with van der Waals surface area (Å²) < 4.78 is 0. The van der Waals surface area contributed by atoms with Gasteiger partial charge >= 0.3 is 0 Å². The average Bonchev–Trinajstić information content (AvgIpc) is 2.20. The van der Waals surface area contributed by atoms with Gasteiger partial charge in [-0.25, -0.2) is 0 Å². The lowest BCUT2D eigenvalue weighted by Gasteiger charge is -2.13. The molecule has 90 valence electrons. The number of hydrogen-bond donors (Lipinski definition) is 2. The van der Waals surface area contributed by atoms with Gasteiger partial charge in [0.15, 0.2) is 0 Å². The van der Waals surface area contributed by atoms with Crippen molar-refractivity contribution in [2.24, 2.45) is 5.73 Å². The molecule has 0 aliphatic rings. The molecule has 4 nitrogen and oxygen atoms in total. The molecule has 0 saturated carbocycles. The van der Waals surface area contributed by atoms with Gasteiger partial charge in [0.1, 0.15) is 0 Å². The van der Waals surface area contributed by atoms with Crippen LogP contribution in [0.4, 0.5) is 0 Å². The zero-order valence-corrected chi connectivity index (χ0v) is 10.3. The molecule has 0 fully saturated rings. The number of carbonyl (C=O) groups excluding carboxylic acids is 1. The molecule has 0 aromatic heterocycles. The van der Waals surface area contributed by atoms with Crippen molar-refractivity contribution < 1.29 is 4.79 Å². The van der Waals surface area contributed by atoms with E-state index in [9.17, 15) is 4.79 Å². The zero-order valence-electron chi connectivity index (χ0n) is 10.3. The summed E-state index contributed by atoms with van der Waals surface area (Å²) in [6, 6.07) is -0.329. The number of unbranched alkanes of at least 4 members (excludes halogenated alkanes) is 1. The summed E-state index contributed by atoms with van der Waals surface area (Å²) in [6.07, 6.45) is 3.86. The molecule has 0 aliphatic heterocycles. The van der Waals surface area contributed by atoms with Crippen molar-refractivity contribution in [2.75, 3.05) is 27.2 Å². The van der Waals surface area contributed by atoms with E-state index < -0.39 is 0 Å². The normalized spacial score (nSPS) is 12.9. The molecule has 1 unspecified atom stereocenters. The first-order valence-corrected chi connectivity index (χ1v) is 5.76. The molecule has 1 atom stereocenters. The summed E-state index contributed by atoms with van der Waals surface area (Å²) in [5, 5.41) is 2.86. The number of hydrogen-bond acceptors (Lipinski definition) is 3. The maximum Gasteiger partial charge on any atom is 0.236 e. The number of nitrogens with two attached hydrogens (primary N) is 1. The summed E-state index contributed by atoms with van der Waals surface area (Å²) in [4.78, 5) is 13.5. The molecule has 0 aromatic rings. The highest BCUT2D eigenvalue weighted by Gasteiger charge is 2.11. The van der Waals surface area contributed by atoms with Crippen LogP contribution < -0.4 is 11.1 Å². The van der Waals surface area contributed by atoms with Crippen LogP contribution in [0, 0.1) is 0 Å². The largest absolute Gasteiger partial charge is 0.355 e. The van der Waals surface area contributed by atoms with E-state index in [0.29, 0.717) is 0 Å². The molecule has 4 heteroatoms. The van der Waals surface area contributed by atoms with Crippen LogP contribution in [-0.2, 0) is 4.79 Å². The average molecular weight is 215 g/mol. The smallest absolute Gasteiger partial charge is 0.236 e. The highest BCUT2D eigenvalue weighted by atomic mass is 16.2. The predicted octanol–water partition coefficient (Wildman–Crippen LogP) is 0.572. The van der Waals surface area contributed by atoms with Crippen molar-refractivity contribution in [2.45, 2.75) is 38.6 Å². The van der Waals surface area contributed by atoms with E-state index in [0.717, 1.165) is 38.8 Å². The molecule has 0 rings (SSSR count). The predicted molar refractivity (Wildman–Crippen MR) is 63.7 cm³/mol. The second-order valence-corrected chi connectivity index (χ2v) is 4.20. The lowest BCUT2D eigenvalue weighted by atomic mass is 10.1. The molecule has 0 aromatic carbocycles. The fraction of sp³-hybridized carbons (Fsp3) is 0.909. The topological polar surface area (TPSA) is 58.4 Å². The summed E-state index contributed by atoms with van der Waals surface area (Å²) >= 11 is 0. The lowest BCUT2D eigenvalue weighted by molar-refractivity contribution is -0.122. The Morgan fingerprint density at radius 1 is 1.40 bits per heavy atom. The van der Waals surface area contributed by atoms with E-state index in [2.05, 4.69) is 17.1 Å². The summed E-state index contributed by atoms with van der Waals surface area (Å²) in [7, 11) is 4.05. The van der Waals surface area contributed by atoms with Crippen LogP contribution in [0.25, 0.3) is 0 Å². The second-order valence-electron chi connectivity index (χ2n) is 4.20. The molecule has 0 bridgehead atoms. The first-order valence-electron chi connectivity index (χ1n) is 5.76. The Hall–Kier alpha value is -0.610. The first-order chi connectivity index (χ1) is 7.07. The van der Waals surface area contributed by atoms with Crippen molar-refractivity contribution in [1.29, 1.82) is 0 Å². The van der Waals surface area contributed by atoms with Crippen LogP contribution in [0.5, 0.6) is 0 Å². The third-order valence-electron chi connectivity index (χ3n) is 2.29. The molecular formula is C11H25N3O. The van der Waals surface area contributed by atoms with Gasteiger partial charge < -0.3 is 16.0 Å². The van der Waals surface area contributed by atoms with Crippen molar-refractivity contribution >= 4 is 5.91 Å². The van der Waals surface area contributed by atoms with Crippen molar-refractivity contribution in [3.8, 4) is 0 Å². The van der Waals surface area contributed by atoms with Crippen molar-refractivity contribution in [3.05, 3.63) is 0 Å². The molecule has 3 N–H and O–H groups in total. The van der Waals surface area contributed by atoms with E-state index in [-0.39, 0.29) is 11.9 Å². The third kappa shape index (κ3) is 8.39. The second kappa shape index (κ2) is 8.68. The van der Waals surface area contributed by atoms with Crippen molar-refractivity contribution in [3.63, 3.8) is 0 Å². The monoisotopic (exact) mass is 215 g/mol. The van der Waals surface area contributed by atoms with Crippen molar-refractivity contribution in [1.82, 2.24) is 10.2 Å². The first kappa shape index (κ1) is 14.4. The molecule has 0 spiro atoms. The van der Waals surface area contributed by atoms with E-state index in [1.54, 1.807) is 0 Å². The Balaban J connectivity index is 3.47. The van der Waals surface area contributed by atoms with Gasteiger partial charge in [0.2, 0.25) is 5.91 Å². The van der Waals surface area contributed by atoms with Crippen LogP contribution in [0.1, 0.15) is 32.6 Å². The Kier molecular flexibility index (Phi) is 8.33. The highest BCUT2D eigenvalue weighted by Crippen LogP contribution is 1.97. The fourth-order valence-electron chi connectivity index (χ4n) is 1.29. The Labute approximate surface area is 93.2 Å². The quantitative estimate of drug-likeness (QED) is 0.582. The van der Waals surface area contributed by atoms with E-state index in [1.165, 1.54) is 0 Å². The van der Waals surface area contributed by atoms with Gasteiger partial charge in [0.05, 0.1) is 6.04 Å². The standard InChI is InChI=1S/C11H25N3O/c1-4-5-7-10(12)11(15)13-8-6-9-14(2)3/h10H,4-9,12H2,1-3H3,(H,13,15). The van der Waals surface area contributed by atoms with Gasteiger partial charge in [-0.1, -0.05) is 19.8 Å². The van der Waals surface area contributed by atoms with Gasteiger partial charge in [-0.05, 0) is 33.5 Å². The van der Waals surface area contributed by atoms with Crippen LogP contribution in [0.3, 0.4) is 0 Å². The van der Waals surface area contributed by atoms with Crippen LogP contribution >= 0.6 is 0 Å². The van der Waals surface area contributed by atoms with Gasteiger partial charge in [0, 0.05) is 6.54 Å². The summed E-state index contributed by atoms with van der Waals surface area (Å²) in [5.41, 5.74) is 5.72. The molecule has 0 saturated heterocycles. The minimum absolute atomic E-state index is 0.0118. The molecule has 0 heterocycles. The zero-order chi connectivity index (χ0) is 11.7. The number of nitrogens with one attached hydrogen (secondary N) is 1. The van der Waals surface area contributed by atoms with Crippen LogP contribution in [-0.4, -0.2) is 44.0 Å². The van der Waals surface area contributed by atoms with Gasteiger partial charge in [-0.15, -0.1) is 0 Å². The maximum atomic E-state index is 11.4. The Morgan fingerprint density at radius 3 is 2.60 bits per heavy atom. The Bertz CT molecular complexity index is 171. The molecule has 1 amide bonds. The van der Waals surface area contributed by atoms with Gasteiger partial charge in [-0.3, -0.25) is 4.79 Å². The van der Waals surface area contributed by atoms with Gasteiger partial charge in [0.25, 0.3) is 0 Å². The minimum Gasteiger partial charge on any atom is -0.355 e. The lowest BCUT2D eigenvalue weighted by Crippen LogP contribution is -2.41. The maximum absolute atomic E-state index is 11.4. The number of carbonyl (C=O) groups is 1. The fourth-order valence-corrected chi connectivity index (χ4v) is 1.29. The summed E-state index contributed by atoms with van der Waals surface area (Å²) in [6.45, 7) is 3.81. The van der Waals surface area contributed by atoms with E-state index >= 15 is 0 Å². The summed E-state index contributed by atoms with van der Waals surface area (Å²) in [5.74, 6) is -0.0118. The number of nitrogens with zero attached hydrogens (tertiary/aromatic N) is 1. The highest BCUT2D eigenvalue weighted by molar-refractivity contribution is 5.81. The number of rotatable bonds is 8.